The molecule has 3 aliphatic rings. The highest BCUT2D eigenvalue weighted by Crippen LogP contribution is 2.48. The van der Waals surface area contributed by atoms with Gasteiger partial charge in [0.2, 0.25) is 0 Å². The van der Waals surface area contributed by atoms with E-state index in [1.165, 1.54) is 56.9 Å². The molecule has 1 unspecified atom stereocenters. The van der Waals surface area contributed by atoms with Crippen molar-refractivity contribution in [2.45, 2.75) is 13.5 Å². The molecule has 3 heteroatoms. The Morgan fingerprint density at radius 2 is 1.76 bits per heavy atom. The number of hydrogen-bond donors (Lipinski definition) is 1. The van der Waals surface area contributed by atoms with Crippen LogP contribution in [-0.2, 0) is 6.54 Å². The molecule has 3 fully saturated rings. The minimum atomic E-state index is 1.01. The number of aryl methyl sites for hydroxylation is 1. The molecule has 1 N–H and O–H groups in total. The van der Waals surface area contributed by atoms with Crippen LogP contribution in [0.1, 0.15) is 11.1 Å². The van der Waals surface area contributed by atoms with Gasteiger partial charge < -0.3 is 10.2 Å². The fraction of sp³-hybridized carbons (Fsp3) is 0.667. The Hall–Kier alpha value is -0.900. The Morgan fingerprint density at radius 1 is 1.05 bits per heavy atom. The average molecular weight is 285 g/mol. The van der Waals surface area contributed by atoms with Crippen molar-refractivity contribution in [3.63, 3.8) is 0 Å². The van der Waals surface area contributed by atoms with Crippen molar-refractivity contribution >= 4 is 0 Å². The summed E-state index contributed by atoms with van der Waals surface area (Å²) >= 11 is 0. The summed E-state index contributed by atoms with van der Waals surface area (Å²) in [5, 5.41) is 3.50. The number of fused-ring (bicyclic) bond motifs is 1. The first-order chi connectivity index (χ1) is 10.3. The summed E-state index contributed by atoms with van der Waals surface area (Å²) in [6.45, 7) is 12.2. The topological polar surface area (TPSA) is 18.5 Å². The Bertz CT molecular complexity index is 483. The van der Waals surface area contributed by atoms with Gasteiger partial charge in [-0.25, -0.2) is 0 Å². The van der Waals surface area contributed by atoms with Crippen LogP contribution in [0.4, 0.5) is 0 Å². The molecule has 0 radical (unpaired) electrons. The van der Waals surface area contributed by atoms with Crippen LogP contribution in [-0.4, -0.2) is 55.6 Å². The summed E-state index contributed by atoms with van der Waals surface area (Å²) in [7, 11) is 0. The zero-order valence-corrected chi connectivity index (χ0v) is 13.1. The fourth-order valence-electron chi connectivity index (χ4n) is 4.31. The molecular formula is C18H27N3. The van der Waals surface area contributed by atoms with E-state index in [4.69, 9.17) is 0 Å². The van der Waals surface area contributed by atoms with Crippen LogP contribution in [0, 0.1) is 24.7 Å². The lowest BCUT2D eigenvalue weighted by Crippen LogP contribution is -2.46. The van der Waals surface area contributed by atoms with Crippen molar-refractivity contribution in [1.82, 2.24) is 15.1 Å². The second-order valence-corrected chi connectivity index (χ2v) is 7.22. The molecule has 1 aromatic rings. The van der Waals surface area contributed by atoms with E-state index in [-0.39, 0.29) is 0 Å². The van der Waals surface area contributed by atoms with Gasteiger partial charge in [-0.15, -0.1) is 0 Å². The summed E-state index contributed by atoms with van der Waals surface area (Å²) in [5.74, 6) is 3.03. The monoisotopic (exact) mass is 285 g/mol. The lowest BCUT2D eigenvalue weighted by atomic mass is 10.1. The van der Waals surface area contributed by atoms with Crippen LogP contribution in [0.15, 0.2) is 24.3 Å². The van der Waals surface area contributed by atoms with Gasteiger partial charge in [0.15, 0.2) is 0 Å². The van der Waals surface area contributed by atoms with E-state index >= 15 is 0 Å². The molecule has 3 nitrogen and oxygen atoms in total. The Morgan fingerprint density at radius 3 is 2.48 bits per heavy atom. The molecule has 1 saturated carbocycles. The Labute approximate surface area is 128 Å². The van der Waals surface area contributed by atoms with Crippen molar-refractivity contribution in [2.24, 2.45) is 17.8 Å². The van der Waals surface area contributed by atoms with E-state index in [1.807, 2.05) is 0 Å². The van der Waals surface area contributed by atoms with E-state index in [0.29, 0.717) is 0 Å². The largest absolute Gasteiger partial charge is 0.316 e. The van der Waals surface area contributed by atoms with E-state index in [9.17, 15) is 0 Å². The Kier molecular flexibility index (Phi) is 3.74. The van der Waals surface area contributed by atoms with Gasteiger partial charge >= 0.3 is 0 Å². The zero-order valence-electron chi connectivity index (χ0n) is 13.1. The number of benzene rings is 1. The number of rotatable bonds is 4. The van der Waals surface area contributed by atoms with Gasteiger partial charge in [-0.3, -0.25) is 4.90 Å². The predicted octanol–water partition coefficient (Wildman–Crippen LogP) is 1.58. The predicted molar refractivity (Wildman–Crippen MR) is 86.2 cm³/mol. The van der Waals surface area contributed by atoms with Crippen molar-refractivity contribution in [3.8, 4) is 0 Å². The molecule has 1 aliphatic carbocycles. The summed E-state index contributed by atoms with van der Waals surface area (Å²) in [6, 6.07) is 8.95. The van der Waals surface area contributed by atoms with Crippen LogP contribution in [0.3, 0.4) is 0 Å². The fourth-order valence-corrected chi connectivity index (χ4v) is 4.31. The molecule has 2 aliphatic heterocycles. The summed E-state index contributed by atoms with van der Waals surface area (Å²) in [6.07, 6.45) is 0. The summed E-state index contributed by atoms with van der Waals surface area (Å²) < 4.78 is 0. The molecule has 0 amide bonds. The smallest absolute Gasteiger partial charge is 0.0234 e. The van der Waals surface area contributed by atoms with Crippen molar-refractivity contribution in [2.75, 3.05) is 45.8 Å². The quantitative estimate of drug-likeness (QED) is 0.906. The first kappa shape index (κ1) is 13.7. The van der Waals surface area contributed by atoms with Crippen molar-refractivity contribution in [3.05, 3.63) is 35.4 Å². The molecule has 3 atom stereocenters. The Balaban J connectivity index is 1.23. The third-order valence-corrected chi connectivity index (χ3v) is 5.69. The molecule has 0 bridgehead atoms. The van der Waals surface area contributed by atoms with Crippen molar-refractivity contribution in [1.29, 1.82) is 0 Å². The molecule has 2 saturated heterocycles. The third-order valence-electron chi connectivity index (χ3n) is 5.69. The minimum absolute atomic E-state index is 1.01. The van der Waals surface area contributed by atoms with Crippen molar-refractivity contribution < 1.29 is 0 Å². The normalized spacial score (nSPS) is 33.1. The van der Waals surface area contributed by atoms with Gasteiger partial charge in [0, 0.05) is 39.3 Å². The van der Waals surface area contributed by atoms with Crippen LogP contribution >= 0.6 is 0 Å². The molecule has 1 aromatic carbocycles. The van der Waals surface area contributed by atoms with Crippen LogP contribution in [0.5, 0.6) is 0 Å². The second-order valence-electron chi connectivity index (χ2n) is 7.22. The molecule has 0 aromatic heterocycles. The van der Waals surface area contributed by atoms with E-state index in [0.717, 1.165) is 24.3 Å². The number of piperazine rings is 1. The highest BCUT2D eigenvalue weighted by atomic mass is 15.3. The van der Waals surface area contributed by atoms with Gasteiger partial charge in [0.25, 0.3) is 0 Å². The lowest BCUT2D eigenvalue weighted by molar-refractivity contribution is 0.120. The van der Waals surface area contributed by atoms with Gasteiger partial charge in [-0.1, -0.05) is 29.8 Å². The highest BCUT2D eigenvalue weighted by Gasteiger charge is 2.52. The minimum Gasteiger partial charge on any atom is -0.316 e. The second kappa shape index (κ2) is 5.71. The highest BCUT2D eigenvalue weighted by molar-refractivity contribution is 5.22. The SMILES string of the molecule is Cc1cccc(CN2CCN(CC3[C@H]4CNC[C@@H]34)CC2)c1. The third kappa shape index (κ3) is 3.01. The average Bonchev–Trinajstić information content (AvgIpc) is 2.92. The van der Waals surface area contributed by atoms with Gasteiger partial charge in [-0.05, 0) is 43.3 Å². The van der Waals surface area contributed by atoms with Crippen LogP contribution < -0.4 is 5.32 Å². The van der Waals surface area contributed by atoms with Crippen LogP contribution in [0.25, 0.3) is 0 Å². The maximum absolute atomic E-state index is 3.50. The number of nitrogens with one attached hydrogen (secondary N) is 1. The number of hydrogen-bond acceptors (Lipinski definition) is 3. The first-order valence-electron chi connectivity index (χ1n) is 8.50. The molecule has 4 rings (SSSR count). The van der Waals surface area contributed by atoms with Crippen LogP contribution in [0.2, 0.25) is 0 Å². The standard InChI is InChI=1S/C18H27N3/c1-14-3-2-4-15(9-14)12-20-5-7-21(8-6-20)13-18-16-10-19-11-17(16)18/h2-4,9,16-19H,5-8,10-13H2,1H3/t16-,17+,18?. The van der Waals surface area contributed by atoms with E-state index in [2.05, 4.69) is 46.3 Å². The van der Waals surface area contributed by atoms with E-state index < -0.39 is 0 Å². The summed E-state index contributed by atoms with van der Waals surface area (Å²) in [4.78, 5) is 5.32. The maximum atomic E-state index is 3.50. The number of piperidine rings is 1. The van der Waals surface area contributed by atoms with E-state index in [1.54, 1.807) is 0 Å². The molecular weight excluding hydrogens is 258 g/mol. The molecule has 114 valence electrons. The molecule has 21 heavy (non-hydrogen) atoms. The molecule has 0 spiro atoms. The summed E-state index contributed by atoms with van der Waals surface area (Å²) in [5.41, 5.74) is 2.84. The maximum Gasteiger partial charge on any atom is 0.0234 e. The zero-order chi connectivity index (χ0) is 14.2. The lowest BCUT2D eigenvalue weighted by Gasteiger charge is -2.35. The van der Waals surface area contributed by atoms with Gasteiger partial charge in [0.1, 0.15) is 0 Å². The molecule has 2 heterocycles. The van der Waals surface area contributed by atoms with Gasteiger partial charge in [-0.2, -0.15) is 0 Å². The first-order valence-corrected chi connectivity index (χ1v) is 8.50. The van der Waals surface area contributed by atoms with Gasteiger partial charge in [0.05, 0.1) is 0 Å². The number of nitrogens with zero attached hydrogens (tertiary/aromatic N) is 2.